The molecule has 1 saturated carbocycles. The van der Waals surface area contributed by atoms with Crippen LogP contribution in [0.5, 0.6) is 17.2 Å². The van der Waals surface area contributed by atoms with Gasteiger partial charge in [0.05, 0.1) is 26.0 Å². The lowest BCUT2D eigenvalue weighted by Crippen LogP contribution is -2.60. The molecule has 0 saturated heterocycles. The average molecular weight is 392 g/mol. The summed E-state index contributed by atoms with van der Waals surface area (Å²) in [7, 11) is 3.40. The van der Waals surface area contributed by atoms with Gasteiger partial charge in [0.25, 0.3) is 0 Å². The molecule has 0 aromatic heterocycles. The van der Waals surface area contributed by atoms with Gasteiger partial charge in [-0.2, -0.15) is 5.01 Å². The third kappa shape index (κ3) is 3.04. The van der Waals surface area contributed by atoms with E-state index in [1.807, 2.05) is 18.2 Å². The molecule has 5 rings (SSSR count). The Hall–Kier alpha value is -2.66. The summed E-state index contributed by atoms with van der Waals surface area (Å²) in [5.74, 6) is 3.43. The van der Waals surface area contributed by atoms with Crippen LogP contribution in [0.25, 0.3) is 5.70 Å². The standard InChI is InChI=1S/C24H28N2O3/c1-16-10-12-24(13-11-16)26-22(20-14-19(28-3)8-9-23(20)29-24)15-21(25-26)17-4-6-18(27-2)7-5-17/h4-9,14-16,22,25H,10-13H2,1-3H3/t16?,22-,24?/m0/s1. The lowest BCUT2D eigenvalue weighted by atomic mass is 9.82. The number of fused-ring (bicyclic) bond motifs is 4. The zero-order valence-electron chi connectivity index (χ0n) is 17.3. The van der Waals surface area contributed by atoms with Crippen LogP contribution in [0.15, 0.2) is 48.5 Å². The maximum absolute atomic E-state index is 6.70. The maximum atomic E-state index is 6.70. The summed E-state index contributed by atoms with van der Waals surface area (Å²) in [6, 6.07) is 14.5. The van der Waals surface area contributed by atoms with E-state index in [0.29, 0.717) is 0 Å². The lowest BCUT2D eigenvalue weighted by Gasteiger charge is -2.51. The van der Waals surface area contributed by atoms with Gasteiger partial charge < -0.3 is 19.6 Å². The zero-order chi connectivity index (χ0) is 20.0. The van der Waals surface area contributed by atoms with Gasteiger partial charge in [-0.1, -0.05) is 6.92 Å². The van der Waals surface area contributed by atoms with Gasteiger partial charge in [0.15, 0.2) is 5.72 Å². The highest BCUT2D eigenvalue weighted by Gasteiger charge is 2.51. The molecule has 2 aromatic rings. The average Bonchev–Trinajstić information content (AvgIpc) is 3.22. The number of rotatable bonds is 3. The molecule has 29 heavy (non-hydrogen) atoms. The first-order valence-corrected chi connectivity index (χ1v) is 10.4. The molecule has 1 fully saturated rings. The fraction of sp³-hybridized carbons (Fsp3) is 0.417. The number of methoxy groups -OCH3 is 2. The Morgan fingerprint density at radius 3 is 2.38 bits per heavy atom. The van der Waals surface area contributed by atoms with Crippen molar-refractivity contribution in [2.45, 2.75) is 44.4 Å². The predicted molar refractivity (Wildman–Crippen MR) is 113 cm³/mol. The van der Waals surface area contributed by atoms with Crippen molar-refractivity contribution in [3.05, 3.63) is 59.7 Å². The topological polar surface area (TPSA) is 43.0 Å². The molecule has 2 aliphatic heterocycles. The second-order valence-corrected chi connectivity index (χ2v) is 8.37. The van der Waals surface area contributed by atoms with Crippen LogP contribution >= 0.6 is 0 Å². The predicted octanol–water partition coefficient (Wildman–Crippen LogP) is 4.91. The van der Waals surface area contributed by atoms with Gasteiger partial charge in [0, 0.05) is 18.4 Å². The molecule has 0 bridgehead atoms. The van der Waals surface area contributed by atoms with Crippen molar-refractivity contribution in [3.8, 4) is 17.2 Å². The first-order valence-electron chi connectivity index (χ1n) is 10.4. The quantitative estimate of drug-likeness (QED) is 0.804. The first-order chi connectivity index (χ1) is 14.1. The molecule has 2 aromatic carbocycles. The minimum absolute atomic E-state index is 0.111. The summed E-state index contributed by atoms with van der Waals surface area (Å²) in [4.78, 5) is 0. The second kappa shape index (κ2) is 6.99. The monoisotopic (exact) mass is 392 g/mol. The molecule has 1 aliphatic carbocycles. The molecule has 5 heteroatoms. The van der Waals surface area contributed by atoms with E-state index < -0.39 is 0 Å². The molecule has 5 nitrogen and oxygen atoms in total. The molecule has 1 N–H and O–H groups in total. The van der Waals surface area contributed by atoms with Gasteiger partial charge in [0.2, 0.25) is 0 Å². The Morgan fingerprint density at radius 1 is 1.00 bits per heavy atom. The normalized spacial score (nSPS) is 28.0. The van der Waals surface area contributed by atoms with Crippen molar-refractivity contribution in [1.82, 2.24) is 10.4 Å². The van der Waals surface area contributed by atoms with E-state index in [2.05, 4.69) is 47.7 Å². The van der Waals surface area contributed by atoms with Crippen LogP contribution in [0, 0.1) is 5.92 Å². The first kappa shape index (κ1) is 18.4. The molecular weight excluding hydrogens is 364 g/mol. The van der Waals surface area contributed by atoms with Crippen LogP contribution in [0.1, 0.15) is 49.8 Å². The summed E-state index contributed by atoms with van der Waals surface area (Å²) >= 11 is 0. The zero-order valence-corrected chi connectivity index (χ0v) is 17.3. The Balaban J connectivity index is 1.56. The summed E-state index contributed by atoms with van der Waals surface area (Å²) in [5, 5.41) is 2.33. The van der Waals surface area contributed by atoms with Gasteiger partial charge >= 0.3 is 0 Å². The third-order valence-corrected chi connectivity index (χ3v) is 6.57. The van der Waals surface area contributed by atoms with E-state index >= 15 is 0 Å². The largest absolute Gasteiger partial charge is 0.497 e. The number of hydrogen-bond acceptors (Lipinski definition) is 5. The van der Waals surface area contributed by atoms with Crippen LogP contribution in [-0.2, 0) is 0 Å². The van der Waals surface area contributed by atoms with Gasteiger partial charge in [0.1, 0.15) is 17.2 Å². The van der Waals surface area contributed by atoms with Crippen LogP contribution in [-0.4, -0.2) is 25.0 Å². The Bertz CT molecular complexity index is 930. The summed E-state index contributed by atoms with van der Waals surface area (Å²) < 4.78 is 17.5. The number of hydrogen-bond donors (Lipinski definition) is 1. The summed E-state index contributed by atoms with van der Waals surface area (Å²) in [5.41, 5.74) is 6.76. The Kier molecular flexibility index (Phi) is 4.43. The van der Waals surface area contributed by atoms with E-state index in [-0.39, 0.29) is 11.8 Å². The maximum Gasteiger partial charge on any atom is 0.180 e. The smallest absolute Gasteiger partial charge is 0.180 e. The van der Waals surface area contributed by atoms with Crippen molar-refractivity contribution in [3.63, 3.8) is 0 Å². The fourth-order valence-corrected chi connectivity index (χ4v) is 4.77. The van der Waals surface area contributed by atoms with E-state index in [1.165, 1.54) is 12.8 Å². The Morgan fingerprint density at radius 2 is 1.69 bits per heavy atom. The van der Waals surface area contributed by atoms with Crippen LogP contribution in [0.2, 0.25) is 0 Å². The van der Waals surface area contributed by atoms with Crippen molar-refractivity contribution in [1.29, 1.82) is 0 Å². The van der Waals surface area contributed by atoms with Crippen molar-refractivity contribution in [2.75, 3.05) is 14.2 Å². The van der Waals surface area contributed by atoms with Crippen molar-refractivity contribution < 1.29 is 14.2 Å². The third-order valence-electron chi connectivity index (χ3n) is 6.57. The van der Waals surface area contributed by atoms with Gasteiger partial charge in [-0.3, -0.25) is 0 Å². The SMILES string of the molecule is COc1ccc(C2=C[C@H]3c4cc(OC)ccc4OC4(CCC(C)CC4)N3N2)cc1. The number of nitrogens with zero attached hydrogens (tertiary/aromatic N) is 1. The molecule has 1 spiro atoms. The molecule has 3 aliphatic rings. The number of hydrazine groups is 1. The van der Waals surface area contributed by atoms with Gasteiger partial charge in [-0.25, -0.2) is 0 Å². The van der Waals surface area contributed by atoms with Gasteiger partial charge in [-0.15, -0.1) is 0 Å². The highest BCUT2D eigenvalue weighted by molar-refractivity contribution is 5.68. The fourth-order valence-electron chi connectivity index (χ4n) is 4.77. The molecule has 0 unspecified atom stereocenters. The molecular formula is C24H28N2O3. The molecule has 2 heterocycles. The Labute approximate surface area is 172 Å². The number of ether oxygens (including phenoxy) is 3. The summed E-state index contributed by atoms with van der Waals surface area (Å²) in [6.45, 7) is 2.34. The molecule has 1 atom stereocenters. The molecule has 152 valence electrons. The van der Waals surface area contributed by atoms with E-state index in [4.69, 9.17) is 14.2 Å². The van der Waals surface area contributed by atoms with Crippen molar-refractivity contribution >= 4 is 5.70 Å². The number of benzene rings is 2. The highest BCUT2D eigenvalue weighted by atomic mass is 16.5. The van der Waals surface area contributed by atoms with Crippen LogP contribution in [0.4, 0.5) is 0 Å². The molecule has 0 radical (unpaired) electrons. The highest BCUT2D eigenvalue weighted by Crippen LogP contribution is 2.51. The van der Waals surface area contributed by atoms with E-state index in [1.54, 1.807) is 14.2 Å². The van der Waals surface area contributed by atoms with E-state index in [9.17, 15) is 0 Å². The van der Waals surface area contributed by atoms with Crippen molar-refractivity contribution in [2.24, 2.45) is 5.92 Å². The van der Waals surface area contributed by atoms with E-state index in [0.717, 1.165) is 52.8 Å². The number of nitrogens with one attached hydrogen (secondary N) is 1. The van der Waals surface area contributed by atoms with Crippen LogP contribution < -0.4 is 19.6 Å². The second-order valence-electron chi connectivity index (χ2n) is 8.37. The van der Waals surface area contributed by atoms with Gasteiger partial charge in [-0.05, 0) is 72.9 Å². The van der Waals surface area contributed by atoms with Crippen LogP contribution in [0.3, 0.4) is 0 Å². The summed E-state index contributed by atoms with van der Waals surface area (Å²) in [6.07, 6.45) is 6.70. The molecule has 0 amide bonds. The minimum Gasteiger partial charge on any atom is -0.497 e. The lowest BCUT2D eigenvalue weighted by molar-refractivity contribution is -0.155. The minimum atomic E-state index is -0.316.